The lowest BCUT2D eigenvalue weighted by molar-refractivity contribution is -0.124. The van der Waals surface area contributed by atoms with Gasteiger partial charge in [-0.15, -0.1) is 0 Å². The Balaban J connectivity index is 2.47. The molecule has 1 rings (SSSR count). The van der Waals surface area contributed by atoms with Gasteiger partial charge in [-0.1, -0.05) is 0 Å². The number of nitrogens with two attached hydrogens (primary N) is 1. The molecule has 0 spiro atoms. The molecule has 1 aliphatic heterocycles. The maximum atomic E-state index is 11.5. The highest BCUT2D eigenvalue weighted by Gasteiger charge is 2.27. The molecule has 6 nitrogen and oxygen atoms in total. The van der Waals surface area contributed by atoms with E-state index in [0.717, 1.165) is 19.5 Å². The molecule has 1 fully saturated rings. The van der Waals surface area contributed by atoms with Gasteiger partial charge in [-0.25, -0.2) is 4.79 Å². The molecule has 0 aromatic rings. The summed E-state index contributed by atoms with van der Waals surface area (Å²) >= 11 is 0. The first-order valence-electron chi connectivity index (χ1n) is 5.05. The van der Waals surface area contributed by atoms with Crippen molar-refractivity contribution in [3.05, 3.63) is 0 Å². The molecular weight excluding hydrogens is 196 g/mol. The van der Waals surface area contributed by atoms with Gasteiger partial charge in [0.25, 0.3) is 0 Å². The number of rotatable bonds is 3. The van der Waals surface area contributed by atoms with Gasteiger partial charge in [0, 0.05) is 12.6 Å². The molecule has 86 valence electrons. The van der Waals surface area contributed by atoms with Gasteiger partial charge in [-0.3, -0.25) is 15.0 Å². The summed E-state index contributed by atoms with van der Waals surface area (Å²) in [6.45, 7) is 3.61. The maximum absolute atomic E-state index is 11.5. The Labute approximate surface area is 89.2 Å². The van der Waals surface area contributed by atoms with Crippen LogP contribution in [0.2, 0.25) is 0 Å². The second-order valence-corrected chi connectivity index (χ2v) is 3.84. The van der Waals surface area contributed by atoms with Gasteiger partial charge in [0.05, 0.1) is 6.04 Å². The summed E-state index contributed by atoms with van der Waals surface area (Å²) in [5.41, 5.74) is 4.88. The number of nitrogens with zero attached hydrogens (tertiary/aromatic N) is 1. The van der Waals surface area contributed by atoms with Crippen LogP contribution in [0.5, 0.6) is 0 Å². The quantitative estimate of drug-likeness (QED) is 0.554. The van der Waals surface area contributed by atoms with Gasteiger partial charge in [0.2, 0.25) is 5.91 Å². The van der Waals surface area contributed by atoms with Crippen LogP contribution in [0.3, 0.4) is 0 Å². The van der Waals surface area contributed by atoms with Crippen molar-refractivity contribution in [1.29, 1.82) is 0 Å². The summed E-state index contributed by atoms with van der Waals surface area (Å²) in [4.78, 5) is 24.0. The summed E-state index contributed by atoms with van der Waals surface area (Å²) in [7, 11) is 1.88. The lowest BCUT2D eigenvalue weighted by atomic mass is 10.1. The Morgan fingerprint density at radius 2 is 2.27 bits per heavy atom. The number of hydrogen-bond acceptors (Lipinski definition) is 4. The van der Waals surface area contributed by atoms with Crippen molar-refractivity contribution in [3.8, 4) is 0 Å². The van der Waals surface area contributed by atoms with Gasteiger partial charge in [0.1, 0.15) is 0 Å². The Hall–Kier alpha value is -1.14. The summed E-state index contributed by atoms with van der Waals surface area (Å²) in [5.74, 6) is -0.350. The number of carbonyl (C=O) groups is 2. The van der Waals surface area contributed by atoms with Crippen LogP contribution in [-0.4, -0.2) is 49.1 Å². The second kappa shape index (κ2) is 5.09. The van der Waals surface area contributed by atoms with E-state index in [2.05, 4.69) is 10.6 Å². The second-order valence-electron chi connectivity index (χ2n) is 3.84. The number of hydrogen-bond donors (Lipinski definition) is 3. The number of primary amides is 1. The lowest BCUT2D eigenvalue weighted by Crippen LogP contribution is -2.50. The molecule has 0 bridgehead atoms. The van der Waals surface area contributed by atoms with Crippen molar-refractivity contribution in [2.75, 3.05) is 20.1 Å². The SMILES string of the molecule is CC(C(=O)NC(N)=O)N(C)C1CCNC1. The standard InChI is InChI=1S/C9H18N4O2/c1-6(8(14)12-9(10)15)13(2)7-3-4-11-5-7/h6-7,11H,3-5H2,1-2H3,(H3,10,12,14,15). The fraction of sp³-hybridized carbons (Fsp3) is 0.778. The third kappa shape index (κ3) is 3.17. The number of carbonyl (C=O) groups excluding carboxylic acids is 2. The van der Waals surface area contributed by atoms with Crippen LogP contribution in [-0.2, 0) is 4.79 Å². The zero-order valence-electron chi connectivity index (χ0n) is 9.12. The first-order valence-corrected chi connectivity index (χ1v) is 5.05. The Morgan fingerprint density at radius 1 is 1.60 bits per heavy atom. The maximum Gasteiger partial charge on any atom is 0.318 e. The van der Waals surface area contributed by atoms with E-state index in [1.165, 1.54) is 0 Å². The molecule has 6 heteroatoms. The summed E-state index contributed by atoms with van der Waals surface area (Å²) < 4.78 is 0. The number of urea groups is 1. The fourth-order valence-corrected chi connectivity index (χ4v) is 1.71. The predicted octanol–water partition coefficient (Wildman–Crippen LogP) is -1.14. The third-order valence-electron chi connectivity index (χ3n) is 2.85. The molecule has 0 aromatic heterocycles. The highest BCUT2D eigenvalue weighted by Crippen LogP contribution is 2.09. The number of likely N-dealkylation sites (N-methyl/N-ethyl adjacent to an activating group) is 1. The van der Waals surface area contributed by atoms with E-state index in [9.17, 15) is 9.59 Å². The summed E-state index contributed by atoms with van der Waals surface area (Å²) in [5, 5.41) is 5.31. The molecule has 0 aromatic carbocycles. The Bertz CT molecular complexity index is 250. The van der Waals surface area contributed by atoms with Crippen molar-refractivity contribution in [2.45, 2.75) is 25.4 Å². The van der Waals surface area contributed by atoms with Crippen LogP contribution >= 0.6 is 0 Å². The molecule has 1 saturated heterocycles. The lowest BCUT2D eigenvalue weighted by Gasteiger charge is -2.28. The minimum absolute atomic E-state index is 0.345. The van der Waals surface area contributed by atoms with Crippen LogP contribution in [0, 0.1) is 0 Å². The Morgan fingerprint density at radius 3 is 2.73 bits per heavy atom. The minimum Gasteiger partial charge on any atom is -0.351 e. The zero-order valence-corrected chi connectivity index (χ0v) is 9.12. The van der Waals surface area contributed by atoms with E-state index in [4.69, 9.17) is 5.73 Å². The topological polar surface area (TPSA) is 87.5 Å². The van der Waals surface area contributed by atoms with Crippen LogP contribution in [0.1, 0.15) is 13.3 Å². The predicted molar refractivity (Wildman–Crippen MR) is 56.2 cm³/mol. The largest absolute Gasteiger partial charge is 0.351 e. The van der Waals surface area contributed by atoms with Crippen molar-refractivity contribution >= 4 is 11.9 Å². The van der Waals surface area contributed by atoms with Gasteiger partial charge >= 0.3 is 6.03 Å². The van der Waals surface area contributed by atoms with Crippen molar-refractivity contribution in [1.82, 2.24) is 15.5 Å². The van der Waals surface area contributed by atoms with Crippen LogP contribution in [0.15, 0.2) is 0 Å². The van der Waals surface area contributed by atoms with E-state index in [1.807, 2.05) is 11.9 Å². The molecule has 3 amide bonds. The molecule has 0 radical (unpaired) electrons. The van der Waals surface area contributed by atoms with E-state index < -0.39 is 6.03 Å². The average Bonchev–Trinajstić information content (AvgIpc) is 2.67. The van der Waals surface area contributed by atoms with E-state index in [0.29, 0.717) is 6.04 Å². The van der Waals surface area contributed by atoms with Crippen molar-refractivity contribution < 1.29 is 9.59 Å². The molecule has 1 heterocycles. The first-order chi connectivity index (χ1) is 7.02. The highest BCUT2D eigenvalue weighted by atomic mass is 16.2. The molecule has 2 unspecified atom stereocenters. The van der Waals surface area contributed by atoms with Gasteiger partial charge in [-0.05, 0) is 26.9 Å². The molecule has 2 atom stereocenters. The normalized spacial score (nSPS) is 22.7. The van der Waals surface area contributed by atoms with E-state index in [1.54, 1.807) is 6.92 Å². The first kappa shape index (κ1) is 11.9. The van der Waals surface area contributed by atoms with Crippen LogP contribution in [0.25, 0.3) is 0 Å². The minimum atomic E-state index is -0.801. The van der Waals surface area contributed by atoms with Crippen LogP contribution in [0.4, 0.5) is 4.79 Å². The summed E-state index contributed by atoms with van der Waals surface area (Å²) in [6, 6.07) is -0.800. The number of nitrogens with one attached hydrogen (secondary N) is 2. The third-order valence-corrected chi connectivity index (χ3v) is 2.85. The monoisotopic (exact) mass is 214 g/mol. The molecule has 4 N–H and O–H groups in total. The molecular formula is C9H18N4O2. The van der Waals surface area contributed by atoms with E-state index in [-0.39, 0.29) is 11.9 Å². The molecule has 0 saturated carbocycles. The highest BCUT2D eigenvalue weighted by molar-refractivity contribution is 5.96. The van der Waals surface area contributed by atoms with Crippen molar-refractivity contribution in [3.63, 3.8) is 0 Å². The molecule has 0 aliphatic carbocycles. The zero-order chi connectivity index (χ0) is 11.4. The number of amides is 3. The van der Waals surface area contributed by atoms with Gasteiger partial charge < -0.3 is 11.1 Å². The smallest absolute Gasteiger partial charge is 0.318 e. The molecule has 1 aliphatic rings. The average molecular weight is 214 g/mol. The van der Waals surface area contributed by atoms with Crippen LogP contribution < -0.4 is 16.4 Å². The van der Waals surface area contributed by atoms with E-state index >= 15 is 0 Å². The summed E-state index contributed by atoms with van der Waals surface area (Å²) in [6.07, 6.45) is 1.02. The fourth-order valence-electron chi connectivity index (χ4n) is 1.71. The number of imide groups is 1. The van der Waals surface area contributed by atoms with Gasteiger partial charge in [0.15, 0.2) is 0 Å². The van der Waals surface area contributed by atoms with Gasteiger partial charge in [-0.2, -0.15) is 0 Å². The molecule has 15 heavy (non-hydrogen) atoms. The Kier molecular flexibility index (Phi) is 4.05. The van der Waals surface area contributed by atoms with Crippen molar-refractivity contribution in [2.24, 2.45) is 5.73 Å².